The number of hydrogen-bond donors (Lipinski definition) is 3. The number of rotatable bonds is 7. The number of nitrogens with one attached hydrogen (secondary N) is 2. The third-order valence-corrected chi connectivity index (χ3v) is 5.30. The van der Waals surface area contributed by atoms with Crippen molar-refractivity contribution in [2.24, 2.45) is 5.73 Å². The summed E-state index contributed by atoms with van der Waals surface area (Å²) in [6.45, 7) is 0. The third kappa shape index (κ3) is 5.23. The molecule has 0 radical (unpaired) electrons. The number of ether oxygens (including phenoxy) is 1. The Morgan fingerprint density at radius 2 is 2.04 bits per heavy atom. The topological polar surface area (TPSA) is 93.5 Å². The molecule has 1 aliphatic rings. The molecule has 4 N–H and O–H groups in total. The summed E-state index contributed by atoms with van der Waals surface area (Å²) < 4.78 is 5.97. The lowest BCUT2D eigenvalue weighted by atomic mass is 10.1. The van der Waals surface area contributed by atoms with Gasteiger partial charge in [-0.15, -0.1) is 11.3 Å². The molecule has 1 saturated carbocycles. The van der Waals surface area contributed by atoms with Gasteiger partial charge in [0.2, 0.25) is 5.91 Å². The van der Waals surface area contributed by atoms with Crippen molar-refractivity contribution in [3.8, 4) is 5.75 Å². The maximum absolute atomic E-state index is 12.4. The van der Waals surface area contributed by atoms with Gasteiger partial charge in [-0.25, -0.2) is 4.79 Å². The van der Waals surface area contributed by atoms with Gasteiger partial charge in [-0.05, 0) is 49.3 Å². The highest BCUT2D eigenvalue weighted by Gasteiger charge is 2.19. The number of urea groups is 1. The molecule has 26 heavy (non-hydrogen) atoms. The van der Waals surface area contributed by atoms with E-state index in [4.69, 9.17) is 10.5 Å². The first-order chi connectivity index (χ1) is 12.6. The highest BCUT2D eigenvalue weighted by molar-refractivity contribution is 7.10. The van der Waals surface area contributed by atoms with Gasteiger partial charge >= 0.3 is 6.03 Å². The lowest BCUT2D eigenvalue weighted by Gasteiger charge is -2.17. The van der Waals surface area contributed by atoms with Gasteiger partial charge in [0.05, 0.1) is 18.6 Å². The third-order valence-electron chi connectivity index (χ3n) is 4.32. The van der Waals surface area contributed by atoms with Crippen molar-refractivity contribution in [3.63, 3.8) is 0 Å². The van der Waals surface area contributed by atoms with E-state index in [0.29, 0.717) is 5.69 Å². The van der Waals surface area contributed by atoms with Crippen LogP contribution in [-0.2, 0) is 4.79 Å². The Hall–Kier alpha value is -2.54. The van der Waals surface area contributed by atoms with Crippen LogP contribution >= 0.6 is 11.3 Å². The number of thiophene rings is 1. The van der Waals surface area contributed by atoms with Gasteiger partial charge in [-0.3, -0.25) is 4.79 Å². The average molecular weight is 373 g/mol. The van der Waals surface area contributed by atoms with Crippen LogP contribution in [0.1, 0.15) is 43.0 Å². The number of nitrogens with two attached hydrogens (primary N) is 1. The van der Waals surface area contributed by atoms with Crippen molar-refractivity contribution in [2.75, 3.05) is 5.32 Å². The molecule has 2 aromatic rings. The first-order valence-electron chi connectivity index (χ1n) is 8.76. The van der Waals surface area contributed by atoms with E-state index in [0.717, 1.165) is 23.5 Å². The van der Waals surface area contributed by atoms with Gasteiger partial charge in [0.25, 0.3) is 0 Å². The van der Waals surface area contributed by atoms with Crippen LogP contribution in [-0.4, -0.2) is 18.0 Å². The maximum Gasteiger partial charge on any atom is 0.312 e. The molecule has 1 heterocycles. The molecule has 138 valence electrons. The van der Waals surface area contributed by atoms with Crippen LogP contribution in [0.15, 0.2) is 41.8 Å². The largest absolute Gasteiger partial charge is 0.490 e. The molecule has 7 heteroatoms. The first kappa shape index (κ1) is 18.3. The minimum Gasteiger partial charge on any atom is -0.490 e. The molecule has 1 aliphatic carbocycles. The zero-order chi connectivity index (χ0) is 18.4. The van der Waals surface area contributed by atoms with Crippen LogP contribution in [0, 0.1) is 0 Å². The molecule has 1 fully saturated rings. The Kier molecular flexibility index (Phi) is 6.12. The fourth-order valence-corrected chi connectivity index (χ4v) is 3.91. The molecule has 0 spiro atoms. The molecule has 0 aliphatic heterocycles. The molecule has 1 unspecified atom stereocenters. The van der Waals surface area contributed by atoms with Gasteiger partial charge in [0.15, 0.2) is 0 Å². The molecule has 1 atom stereocenters. The lowest BCUT2D eigenvalue weighted by molar-refractivity contribution is -0.116. The van der Waals surface area contributed by atoms with E-state index in [9.17, 15) is 9.59 Å². The van der Waals surface area contributed by atoms with Crippen molar-refractivity contribution < 1.29 is 14.3 Å². The number of hydrogen-bond acceptors (Lipinski definition) is 4. The predicted octanol–water partition coefficient (Wildman–Crippen LogP) is 3.81. The standard InChI is InChI=1S/C19H23N3O3S/c20-19(24)22-16(17-9-4-10-26-17)12-18(23)21-13-5-3-8-15(11-13)25-14-6-1-2-7-14/h3-5,8-11,14,16H,1-2,6-7,12H2,(H,21,23)(H3,20,22,24). The Labute approximate surface area is 156 Å². The van der Waals surface area contributed by atoms with Crippen LogP contribution < -0.4 is 21.1 Å². The molecule has 1 aromatic heterocycles. The molecule has 0 bridgehead atoms. The van der Waals surface area contributed by atoms with Crippen LogP contribution in [0.2, 0.25) is 0 Å². The van der Waals surface area contributed by atoms with Gasteiger partial charge < -0.3 is 21.1 Å². The second-order valence-corrected chi connectivity index (χ2v) is 7.36. The van der Waals surface area contributed by atoms with Crippen molar-refractivity contribution >= 4 is 29.0 Å². The zero-order valence-electron chi connectivity index (χ0n) is 14.4. The smallest absolute Gasteiger partial charge is 0.312 e. The van der Waals surface area contributed by atoms with E-state index in [1.165, 1.54) is 24.2 Å². The maximum atomic E-state index is 12.4. The lowest BCUT2D eigenvalue weighted by Crippen LogP contribution is -2.34. The van der Waals surface area contributed by atoms with E-state index in [1.54, 1.807) is 0 Å². The molecular formula is C19H23N3O3S. The summed E-state index contributed by atoms with van der Waals surface area (Å²) >= 11 is 1.47. The van der Waals surface area contributed by atoms with E-state index in [-0.39, 0.29) is 18.4 Å². The monoisotopic (exact) mass is 373 g/mol. The summed E-state index contributed by atoms with van der Waals surface area (Å²) in [6.07, 6.45) is 4.95. The fourth-order valence-electron chi connectivity index (χ4n) is 3.13. The Morgan fingerprint density at radius 3 is 2.73 bits per heavy atom. The average Bonchev–Trinajstić information content (AvgIpc) is 3.27. The van der Waals surface area contributed by atoms with Gasteiger partial charge in [-0.1, -0.05) is 12.1 Å². The van der Waals surface area contributed by atoms with Crippen LogP contribution in [0.3, 0.4) is 0 Å². The Morgan fingerprint density at radius 1 is 1.23 bits per heavy atom. The predicted molar refractivity (Wildman–Crippen MR) is 102 cm³/mol. The molecular weight excluding hydrogens is 350 g/mol. The Bertz CT molecular complexity index is 742. The first-order valence-corrected chi connectivity index (χ1v) is 9.64. The highest BCUT2D eigenvalue weighted by atomic mass is 32.1. The van der Waals surface area contributed by atoms with E-state index in [2.05, 4.69) is 10.6 Å². The Balaban J connectivity index is 1.60. The molecule has 1 aromatic carbocycles. The van der Waals surface area contributed by atoms with Gasteiger partial charge in [-0.2, -0.15) is 0 Å². The van der Waals surface area contributed by atoms with Crippen molar-refractivity contribution in [2.45, 2.75) is 44.2 Å². The van der Waals surface area contributed by atoms with E-state index in [1.807, 2.05) is 41.8 Å². The normalized spacial score (nSPS) is 15.4. The number of benzene rings is 1. The number of primary amides is 1. The minimum atomic E-state index is -0.650. The van der Waals surface area contributed by atoms with Crippen molar-refractivity contribution in [1.29, 1.82) is 0 Å². The summed E-state index contributed by atoms with van der Waals surface area (Å²) in [5, 5.41) is 7.38. The number of amides is 3. The molecule has 3 rings (SSSR count). The second kappa shape index (κ2) is 8.71. The summed E-state index contributed by atoms with van der Waals surface area (Å²) in [5.74, 6) is 0.565. The molecule has 3 amide bonds. The fraction of sp³-hybridized carbons (Fsp3) is 0.368. The second-order valence-electron chi connectivity index (χ2n) is 6.38. The van der Waals surface area contributed by atoms with Crippen molar-refractivity contribution in [3.05, 3.63) is 46.7 Å². The minimum absolute atomic E-state index is 0.108. The molecule has 0 saturated heterocycles. The number of carbonyl (C=O) groups is 2. The van der Waals surface area contributed by atoms with Gasteiger partial charge in [0.1, 0.15) is 5.75 Å². The zero-order valence-corrected chi connectivity index (χ0v) is 15.3. The van der Waals surface area contributed by atoms with Crippen LogP contribution in [0.4, 0.5) is 10.5 Å². The summed E-state index contributed by atoms with van der Waals surface area (Å²) in [7, 11) is 0. The van der Waals surface area contributed by atoms with Gasteiger partial charge in [0, 0.05) is 16.6 Å². The summed E-state index contributed by atoms with van der Waals surface area (Å²) in [6, 6.07) is 10.1. The van der Waals surface area contributed by atoms with Crippen molar-refractivity contribution in [1.82, 2.24) is 5.32 Å². The molecule has 6 nitrogen and oxygen atoms in total. The quantitative estimate of drug-likeness (QED) is 0.689. The SMILES string of the molecule is NC(=O)NC(CC(=O)Nc1cccc(OC2CCCC2)c1)c1cccs1. The number of anilines is 1. The van der Waals surface area contributed by atoms with E-state index >= 15 is 0 Å². The number of carbonyl (C=O) groups excluding carboxylic acids is 2. The van der Waals surface area contributed by atoms with Crippen LogP contribution in [0.5, 0.6) is 5.75 Å². The summed E-state index contributed by atoms with van der Waals surface area (Å²) in [5.41, 5.74) is 5.91. The highest BCUT2D eigenvalue weighted by Crippen LogP contribution is 2.26. The van der Waals surface area contributed by atoms with Crippen LogP contribution in [0.25, 0.3) is 0 Å². The van der Waals surface area contributed by atoms with E-state index < -0.39 is 12.1 Å². The summed E-state index contributed by atoms with van der Waals surface area (Å²) in [4.78, 5) is 24.5.